The van der Waals surface area contributed by atoms with Gasteiger partial charge in [0, 0.05) is 11.5 Å². The van der Waals surface area contributed by atoms with Crippen molar-refractivity contribution in [2.75, 3.05) is 14.2 Å². The van der Waals surface area contributed by atoms with E-state index in [9.17, 15) is 9.18 Å². The van der Waals surface area contributed by atoms with E-state index in [1.165, 1.54) is 21.1 Å². The molecule has 2 unspecified atom stereocenters. The SMILES string of the molecule is COc1cc(C(C)F)cc(C(CC(=O)O)C2CC2)c1OC. The molecule has 1 fully saturated rings. The third-order valence-corrected chi connectivity index (χ3v) is 3.97. The minimum absolute atomic E-state index is 0.0221. The van der Waals surface area contributed by atoms with Gasteiger partial charge in [-0.1, -0.05) is 0 Å². The molecule has 0 bridgehead atoms. The zero-order chi connectivity index (χ0) is 15.6. The number of methoxy groups -OCH3 is 2. The van der Waals surface area contributed by atoms with Crippen LogP contribution >= 0.6 is 0 Å². The maximum absolute atomic E-state index is 13.7. The van der Waals surface area contributed by atoms with E-state index < -0.39 is 12.1 Å². The molecule has 2 rings (SSSR count). The van der Waals surface area contributed by atoms with Gasteiger partial charge in [0.1, 0.15) is 6.17 Å². The van der Waals surface area contributed by atoms with E-state index in [0.717, 1.165) is 18.4 Å². The molecule has 0 spiro atoms. The van der Waals surface area contributed by atoms with E-state index in [4.69, 9.17) is 14.6 Å². The average Bonchev–Trinajstić information content (AvgIpc) is 3.27. The van der Waals surface area contributed by atoms with Crippen molar-refractivity contribution >= 4 is 5.97 Å². The number of hydrogen-bond acceptors (Lipinski definition) is 3. The highest BCUT2D eigenvalue weighted by Crippen LogP contribution is 2.49. The van der Waals surface area contributed by atoms with E-state index in [-0.39, 0.29) is 12.3 Å². The number of benzene rings is 1. The zero-order valence-corrected chi connectivity index (χ0v) is 12.6. The number of carbonyl (C=O) groups is 1. The molecular weight excluding hydrogens is 275 g/mol. The van der Waals surface area contributed by atoms with Gasteiger partial charge in [0.25, 0.3) is 0 Å². The molecule has 0 saturated heterocycles. The molecule has 1 saturated carbocycles. The second-order valence-corrected chi connectivity index (χ2v) is 5.50. The first kappa shape index (κ1) is 15.6. The Balaban J connectivity index is 2.51. The van der Waals surface area contributed by atoms with Crippen molar-refractivity contribution in [1.29, 1.82) is 0 Å². The van der Waals surface area contributed by atoms with Crippen LogP contribution < -0.4 is 9.47 Å². The Bertz CT molecular complexity index is 523. The van der Waals surface area contributed by atoms with Crippen molar-refractivity contribution in [3.05, 3.63) is 23.3 Å². The Kier molecular flexibility index (Phi) is 4.70. The van der Waals surface area contributed by atoms with Crippen LogP contribution in [0.4, 0.5) is 4.39 Å². The molecule has 0 amide bonds. The Morgan fingerprint density at radius 1 is 1.38 bits per heavy atom. The quantitative estimate of drug-likeness (QED) is 0.833. The number of aliphatic carboxylic acids is 1. The largest absolute Gasteiger partial charge is 0.493 e. The zero-order valence-electron chi connectivity index (χ0n) is 12.6. The third-order valence-electron chi connectivity index (χ3n) is 3.97. The molecule has 5 heteroatoms. The van der Waals surface area contributed by atoms with E-state index in [1.54, 1.807) is 12.1 Å². The lowest BCUT2D eigenvalue weighted by molar-refractivity contribution is -0.137. The standard InChI is InChI=1S/C16H21FO4/c1-9(17)11-6-13(16(21-3)14(7-11)20-2)12(8-15(18)19)10-4-5-10/h6-7,9-10,12H,4-5,8H2,1-3H3,(H,18,19). The Morgan fingerprint density at radius 2 is 2.05 bits per heavy atom. The van der Waals surface area contributed by atoms with Crippen molar-refractivity contribution in [3.8, 4) is 11.5 Å². The molecule has 1 N–H and O–H groups in total. The van der Waals surface area contributed by atoms with Crippen molar-refractivity contribution < 1.29 is 23.8 Å². The molecule has 0 aliphatic heterocycles. The highest BCUT2D eigenvalue weighted by Gasteiger charge is 2.36. The summed E-state index contributed by atoms with van der Waals surface area (Å²) in [6.07, 6.45) is 0.875. The van der Waals surface area contributed by atoms with E-state index in [0.29, 0.717) is 23.0 Å². The molecule has 0 aromatic heterocycles. The van der Waals surface area contributed by atoms with Gasteiger partial charge in [0.15, 0.2) is 11.5 Å². The van der Waals surface area contributed by atoms with Crippen LogP contribution in [0.15, 0.2) is 12.1 Å². The van der Waals surface area contributed by atoms with Crippen LogP contribution in [0.25, 0.3) is 0 Å². The summed E-state index contributed by atoms with van der Waals surface area (Å²) in [5.74, 6) is 0.270. The van der Waals surface area contributed by atoms with Crippen molar-refractivity contribution in [1.82, 2.24) is 0 Å². The molecule has 2 atom stereocenters. The first-order valence-electron chi connectivity index (χ1n) is 7.09. The molecule has 21 heavy (non-hydrogen) atoms. The summed E-state index contributed by atoms with van der Waals surface area (Å²) >= 11 is 0. The van der Waals surface area contributed by atoms with Gasteiger partial charge in [-0.05, 0) is 43.4 Å². The number of rotatable bonds is 7. The van der Waals surface area contributed by atoms with Gasteiger partial charge in [-0.2, -0.15) is 0 Å². The fourth-order valence-corrected chi connectivity index (χ4v) is 2.74. The Labute approximate surface area is 123 Å². The van der Waals surface area contributed by atoms with Crippen LogP contribution in [-0.2, 0) is 4.79 Å². The Morgan fingerprint density at radius 3 is 2.48 bits per heavy atom. The fourth-order valence-electron chi connectivity index (χ4n) is 2.74. The number of halogens is 1. The van der Waals surface area contributed by atoms with Crippen LogP contribution in [0.3, 0.4) is 0 Å². The normalized spacial score (nSPS) is 17.1. The smallest absolute Gasteiger partial charge is 0.303 e. The Hall–Kier alpha value is -1.78. The van der Waals surface area contributed by atoms with Crippen LogP contribution in [0, 0.1) is 5.92 Å². The number of ether oxygens (including phenoxy) is 2. The summed E-state index contributed by atoms with van der Waals surface area (Å²) in [5.41, 5.74) is 1.22. The predicted octanol–water partition coefficient (Wildman–Crippen LogP) is 3.70. The molecule has 4 nitrogen and oxygen atoms in total. The van der Waals surface area contributed by atoms with E-state index >= 15 is 0 Å². The monoisotopic (exact) mass is 296 g/mol. The maximum Gasteiger partial charge on any atom is 0.303 e. The highest BCUT2D eigenvalue weighted by atomic mass is 19.1. The van der Waals surface area contributed by atoms with Gasteiger partial charge in [-0.15, -0.1) is 0 Å². The van der Waals surface area contributed by atoms with Crippen molar-refractivity contribution in [2.45, 2.75) is 38.3 Å². The van der Waals surface area contributed by atoms with Crippen LogP contribution in [0.2, 0.25) is 0 Å². The van der Waals surface area contributed by atoms with Gasteiger partial charge >= 0.3 is 5.97 Å². The van der Waals surface area contributed by atoms with Gasteiger partial charge < -0.3 is 14.6 Å². The summed E-state index contributed by atoms with van der Waals surface area (Å²) in [6.45, 7) is 1.45. The number of carboxylic acids is 1. The number of hydrogen-bond donors (Lipinski definition) is 1. The summed E-state index contributed by atoms with van der Waals surface area (Å²) in [7, 11) is 3.02. The molecule has 1 aromatic rings. The highest BCUT2D eigenvalue weighted by molar-refractivity contribution is 5.69. The molecule has 1 aliphatic rings. The summed E-state index contributed by atoms with van der Waals surface area (Å²) < 4.78 is 24.4. The van der Waals surface area contributed by atoms with Gasteiger partial charge in [-0.3, -0.25) is 4.79 Å². The lowest BCUT2D eigenvalue weighted by Gasteiger charge is -2.21. The molecule has 0 radical (unpaired) electrons. The van der Waals surface area contributed by atoms with Crippen LogP contribution in [-0.4, -0.2) is 25.3 Å². The average molecular weight is 296 g/mol. The first-order valence-corrected chi connectivity index (χ1v) is 7.09. The first-order chi connectivity index (χ1) is 9.97. The minimum atomic E-state index is -1.15. The van der Waals surface area contributed by atoms with Crippen LogP contribution in [0.5, 0.6) is 11.5 Å². The predicted molar refractivity (Wildman–Crippen MR) is 76.8 cm³/mol. The summed E-state index contributed by atoms with van der Waals surface area (Å²) in [6, 6.07) is 3.33. The molecule has 1 aliphatic carbocycles. The molecule has 0 heterocycles. The summed E-state index contributed by atoms with van der Waals surface area (Å²) in [5, 5.41) is 9.14. The molecule has 1 aromatic carbocycles. The number of alkyl halides is 1. The fraction of sp³-hybridized carbons (Fsp3) is 0.562. The lowest BCUT2D eigenvalue weighted by Crippen LogP contribution is -2.11. The van der Waals surface area contributed by atoms with Crippen molar-refractivity contribution in [2.24, 2.45) is 5.92 Å². The number of carboxylic acid groups (broad SMARTS) is 1. The maximum atomic E-state index is 13.7. The van der Waals surface area contributed by atoms with Crippen molar-refractivity contribution in [3.63, 3.8) is 0 Å². The minimum Gasteiger partial charge on any atom is -0.493 e. The van der Waals surface area contributed by atoms with Gasteiger partial charge in [0.05, 0.1) is 20.6 Å². The molecular formula is C16H21FO4. The second kappa shape index (κ2) is 6.33. The lowest BCUT2D eigenvalue weighted by atomic mass is 9.88. The van der Waals surface area contributed by atoms with Crippen LogP contribution in [0.1, 0.15) is 49.4 Å². The summed E-state index contributed by atoms with van der Waals surface area (Å²) in [4.78, 5) is 11.1. The van der Waals surface area contributed by atoms with E-state index in [2.05, 4.69) is 0 Å². The molecule has 116 valence electrons. The van der Waals surface area contributed by atoms with Gasteiger partial charge in [-0.25, -0.2) is 4.39 Å². The topological polar surface area (TPSA) is 55.8 Å². The second-order valence-electron chi connectivity index (χ2n) is 5.50. The third kappa shape index (κ3) is 3.46. The van der Waals surface area contributed by atoms with E-state index in [1.807, 2.05) is 0 Å². The van der Waals surface area contributed by atoms with Gasteiger partial charge in [0.2, 0.25) is 0 Å².